The van der Waals surface area contributed by atoms with E-state index in [4.69, 9.17) is 0 Å². The van der Waals surface area contributed by atoms with Gasteiger partial charge in [-0.3, -0.25) is 5.10 Å². The maximum atomic E-state index is 12.1. The van der Waals surface area contributed by atoms with E-state index in [0.717, 1.165) is 24.9 Å². The molecule has 0 unspecified atom stereocenters. The summed E-state index contributed by atoms with van der Waals surface area (Å²) in [6, 6.07) is 0. The molecule has 1 aliphatic rings. The van der Waals surface area contributed by atoms with Crippen LogP contribution in [0, 0.1) is 5.92 Å². The molecule has 0 saturated carbocycles. The highest BCUT2D eigenvalue weighted by molar-refractivity contribution is 7.87. The average molecular weight is 287 g/mol. The van der Waals surface area contributed by atoms with Crippen molar-refractivity contribution >= 4 is 10.2 Å². The third kappa shape index (κ3) is 4.00. The zero-order valence-corrected chi connectivity index (χ0v) is 11.9. The molecule has 3 N–H and O–H groups in total. The molecule has 0 amide bonds. The van der Waals surface area contributed by atoms with Gasteiger partial charge in [0.2, 0.25) is 0 Å². The molecule has 0 atom stereocenters. The fraction of sp³-hybridized carbons (Fsp3) is 0.727. The molecule has 0 aliphatic carbocycles. The molecular weight excluding hydrogens is 266 g/mol. The van der Waals surface area contributed by atoms with Gasteiger partial charge in [0.15, 0.2) is 0 Å². The van der Waals surface area contributed by atoms with Crippen LogP contribution in [0.15, 0.2) is 12.4 Å². The van der Waals surface area contributed by atoms with E-state index in [9.17, 15) is 8.42 Å². The fourth-order valence-corrected chi connectivity index (χ4v) is 3.51. The number of hydrogen-bond acceptors (Lipinski definition) is 4. The number of hydrogen-bond donors (Lipinski definition) is 3. The monoisotopic (exact) mass is 287 g/mol. The third-order valence-electron chi connectivity index (χ3n) is 3.42. The van der Waals surface area contributed by atoms with E-state index in [1.807, 2.05) is 7.05 Å². The smallest absolute Gasteiger partial charge is 0.279 e. The van der Waals surface area contributed by atoms with Crippen molar-refractivity contribution in [1.29, 1.82) is 0 Å². The van der Waals surface area contributed by atoms with Gasteiger partial charge in [-0.1, -0.05) is 0 Å². The van der Waals surface area contributed by atoms with Gasteiger partial charge in [-0.05, 0) is 32.4 Å². The number of nitrogens with zero attached hydrogens (tertiary/aromatic N) is 2. The normalized spacial score (nSPS) is 18.8. The summed E-state index contributed by atoms with van der Waals surface area (Å²) in [5.74, 6) is 0.574. The van der Waals surface area contributed by atoms with E-state index in [2.05, 4.69) is 20.2 Å². The molecule has 0 aromatic carbocycles. The van der Waals surface area contributed by atoms with Crippen molar-refractivity contribution in [2.75, 3.05) is 26.7 Å². The van der Waals surface area contributed by atoms with Crippen LogP contribution in [0.2, 0.25) is 0 Å². The van der Waals surface area contributed by atoms with Gasteiger partial charge in [-0.25, -0.2) is 0 Å². The zero-order chi connectivity index (χ0) is 13.7. The number of aromatic nitrogens is 2. The number of rotatable bonds is 6. The maximum Gasteiger partial charge on any atom is 0.279 e. The lowest BCUT2D eigenvalue weighted by Crippen LogP contribution is -2.45. The molecule has 108 valence electrons. The van der Waals surface area contributed by atoms with Crippen LogP contribution in [-0.4, -0.2) is 49.6 Å². The molecule has 0 bridgehead atoms. The zero-order valence-electron chi connectivity index (χ0n) is 11.1. The van der Waals surface area contributed by atoms with E-state index in [1.54, 1.807) is 12.4 Å². The van der Waals surface area contributed by atoms with Crippen molar-refractivity contribution in [3.63, 3.8) is 0 Å². The summed E-state index contributed by atoms with van der Waals surface area (Å²) < 4.78 is 28.4. The minimum absolute atomic E-state index is 0.273. The SMILES string of the molecule is CNCC1CCN(S(=O)(=O)NCc2cn[nH]c2)CC1. The molecule has 1 aromatic heterocycles. The highest BCUT2D eigenvalue weighted by Gasteiger charge is 2.27. The quantitative estimate of drug-likeness (QED) is 0.668. The Morgan fingerprint density at radius 1 is 1.47 bits per heavy atom. The van der Waals surface area contributed by atoms with Crippen LogP contribution in [0.4, 0.5) is 0 Å². The first-order valence-electron chi connectivity index (χ1n) is 6.49. The number of aromatic amines is 1. The van der Waals surface area contributed by atoms with Gasteiger partial charge in [-0.15, -0.1) is 0 Å². The lowest BCUT2D eigenvalue weighted by Gasteiger charge is -2.31. The Bertz CT molecular complexity index is 465. The van der Waals surface area contributed by atoms with E-state index in [-0.39, 0.29) is 6.54 Å². The third-order valence-corrected chi connectivity index (χ3v) is 4.97. The van der Waals surface area contributed by atoms with Crippen LogP contribution in [0.1, 0.15) is 18.4 Å². The van der Waals surface area contributed by atoms with Crippen LogP contribution >= 0.6 is 0 Å². The van der Waals surface area contributed by atoms with E-state index in [1.165, 1.54) is 4.31 Å². The predicted octanol–water partition coefficient (Wildman–Crippen LogP) is -0.324. The molecule has 19 heavy (non-hydrogen) atoms. The lowest BCUT2D eigenvalue weighted by molar-refractivity contribution is 0.268. The molecule has 0 radical (unpaired) electrons. The first-order chi connectivity index (χ1) is 9.12. The van der Waals surface area contributed by atoms with Crippen LogP contribution in [0.5, 0.6) is 0 Å². The topological polar surface area (TPSA) is 90.1 Å². The standard InChI is InChI=1S/C11H21N5O2S/c1-12-6-10-2-4-16(5-3-10)19(17,18)15-9-11-7-13-14-8-11/h7-8,10,12,15H,2-6,9H2,1H3,(H,13,14). The second-order valence-corrected chi connectivity index (χ2v) is 6.59. The average Bonchev–Trinajstić information content (AvgIpc) is 2.91. The summed E-state index contributed by atoms with van der Waals surface area (Å²) in [5.41, 5.74) is 0.827. The second-order valence-electron chi connectivity index (χ2n) is 4.83. The largest absolute Gasteiger partial charge is 0.319 e. The molecule has 1 saturated heterocycles. The Morgan fingerprint density at radius 2 is 2.21 bits per heavy atom. The van der Waals surface area contributed by atoms with E-state index < -0.39 is 10.2 Å². The minimum Gasteiger partial charge on any atom is -0.319 e. The Morgan fingerprint density at radius 3 is 2.79 bits per heavy atom. The lowest BCUT2D eigenvalue weighted by atomic mass is 9.98. The molecule has 1 fully saturated rings. The van der Waals surface area contributed by atoms with Gasteiger partial charge in [0, 0.05) is 31.4 Å². The van der Waals surface area contributed by atoms with Crippen molar-refractivity contribution in [3.8, 4) is 0 Å². The Labute approximate surface area is 113 Å². The molecule has 0 spiro atoms. The van der Waals surface area contributed by atoms with Crippen molar-refractivity contribution < 1.29 is 8.42 Å². The first kappa shape index (κ1) is 14.4. The van der Waals surface area contributed by atoms with Crippen molar-refractivity contribution in [3.05, 3.63) is 18.0 Å². The Hall–Kier alpha value is -0.960. The molecular formula is C11H21N5O2S. The van der Waals surface area contributed by atoms with E-state index >= 15 is 0 Å². The first-order valence-corrected chi connectivity index (χ1v) is 7.93. The van der Waals surface area contributed by atoms with Gasteiger partial charge in [0.1, 0.15) is 0 Å². The van der Waals surface area contributed by atoms with Crippen molar-refractivity contribution in [1.82, 2.24) is 24.5 Å². The Balaban J connectivity index is 1.83. The summed E-state index contributed by atoms with van der Waals surface area (Å²) in [6.45, 7) is 2.41. The van der Waals surface area contributed by atoms with Crippen LogP contribution < -0.4 is 10.0 Å². The molecule has 2 rings (SSSR count). The van der Waals surface area contributed by atoms with Gasteiger partial charge in [0.05, 0.1) is 6.20 Å². The summed E-state index contributed by atoms with van der Waals surface area (Å²) in [5, 5.41) is 9.59. The van der Waals surface area contributed by atoms with Gasteiger partial charge in [0.25, 0.3) is 10.2 Å². The van der Waals surface area contributed by atoms with Crippen LogP contribution in [0.25, 0.3) is 0 Å². The molecule has 2 heterocycles. The minimum atomic E-state index is -3.38. The Kier molecular flexibility index (Phi) is 4.92. The predicted molar refractivity (Wildman–Crippen MR) is 72.6 cm³/mol. The van der Waals surface area contributed by atoms with Gasteiger partial charge in [-0.2, -0.15) is 22.5 Å². The van der Waals surface area contributed by atoms with Gasteiger partial charge < -0.3 is 5.32 Å². The number of piperidine rings is 1. The van der Waals surface area contributed by atoms with Crippen molar-refractivity contribution in [2.24, 2.45) is 5.92 Å². The summed E-state index contributed by atoms with van der Waals surface area (Å²) in [7, 11) is -1.45. The van der Waals surface area contributed by atoms with Crippen molar-refractivity contribution in [2.45, 2.75) is 19.4 Å². The maximum absolute atomic E-state index is 12.1. The highest BCUT2D eigenvalue weighted by Crippen LogP contribution is 2.18. The fourth-order valence-electron chi connectivity index (χ4n) is 2.28. The summed E-state index contributed by atoms with van der Waals surface area (Å²) in [4.78, 5) is 0. The molecule has 1 aliphatic heterocycles. The number of H-pyrrole nitrogens is 1. The summed E-state index contributed by atoms with van der Waals surface area (Å²) in [6.07, 6.45) is 5.12. The number of nitrogens with one attached hydrogen (secondary N) is 3. The molecule has 8 heteroatoms. The highest BCUT2D eigenvalue weighted by atomic mass is 32.2. The summed E-state index contributed by atoms with van der Waals surface area (Å²) >= 11 is 0. The molecule has 7 nitrogen and oxygen atoms in total. The van der Waals surface area contributed by atoms with Crippen LogP contribution in [-0.2, 0) is 16.8 Å². The van der Waals surface area contributed by atoms with E-state index in [0.29, 0.717) is 19.0 Å². The van der Waals surface area contributed by atoms with Crippen LogP contribution in [0.3, 0.4) is 0 Å². The second kappa shape index (κ2) is 6.47. The van der Waals surface area contributed by atoms with Gasteiger partial charge >= 0.3 is 0 Å². The molecule has 1 aromatic rings.